The molecule has 11 heteroatoms. The van der Waals surface area contributed by atoms with Crippen LogP contribution < -0.4 is 5.73 Å². The number of carbonyl (C=O) groups is 1. The number of anilines is 1. The third kappa shape index (κ3) is 2.51. The summed E-state index contributed by atoms with van der Waals surface area (Å²) >= 11 is 0. The van der Waals surface area contributed by atoms with Gasteiger partial charge in [-0.05, 0) is 32.9 Å². The molecule has 0 amide bonds. The van der Waals surface area contributed by atoms with Gasteiger partial charge in [-0.25, -0.2) is 14.3 Å². The molecule has 1 aliphatic carbocycles. The molecule has 2 N–H and O–H groups in total. The molecule has 3 saturated heterocycles. The molecular weight excluding hydrogens is 408 g/mol. The van der Waals surface area contributed by atoms with E-state index in [4.69, 9.17) is 34.2 Å². The molecule has 5 heterocycles. The first-order valence-electron chi connectivity index (χ1n) is 10.3. The largest absolute Gasteiger partial charge is 0.509 e. The lowest BCUT2D eigenvalue weighted by Crippen LogP contribution is -2.34. The Kier molecular flexibility index (Phi) is 3.76. The van der Waals surface area contributed by atoms with Gasteiger partial charge in [0.1, 0.15) is 35.8 Å². The normalized spacial score (nSPS) is 40.0. The number of carbonyl (C=O) groups excluding carboxylic acids is 1. The zero-order chi connectivity index (χ0) is 21.6. The number of nitrogens with two attached hydrogens (primary N) is 1. The summed E-state index contributed by atoms with van der Waals surface area (Å²) < 4.78 is 37.0. The number of nitrogen functional groups attached to an aromatic ring is 1. The van der Waals surface area contributed by atoms with Crippen molar-refractivity contribution < 1.29 is 33.2 Å². The molecule has 4 aliphatic rings. The predicted octanol–water partition coefficient (Wildman–Crippen LogP) is 1.36. The molecule has 1 unspecified atom stereocenters. The summed E-state index contributed by atoms with van der Waals surface area (Å²) in [4.78, 5) is 16.4. The van der Waals surface area contributed by atoms with Crippen molar-refractivity contribution in [2.24, 2.45) is 0 Å². The average molecular weight is 432 g/mol. The second-order valence-electron chi connectivity index (χ2n) is 9.03. The van der Waals surface area contributed by atoms with Crippen LogP contribution in [0.15, 0.2) is 18.5 Å². The Morgan fingerprint density at radius 3 is 2.87 bits per heavy atom. The highest BCUT2D eigenvalue weighted by molar-refractivity contribution is 5.66. The van der Waals surface area contributed by atoms with Crippen LogP contribution in [0, 0.1) is 0 Å². The van der Waals surface area contributed by atoms with Crippen LogP contribution in [0.4, 0.5) is 10.6 Å². The maximum Gasteiger partial charge on any atom is 0.509 e. The highest BCUT2D eigenvalue weighted by atomic mass is 16.8. The van der Waals surface area contributed by atoms with Crippen molar-refractivity contribution in [2.45, 2.75) is 68.6 Å². The Labute approximate surface area is 177 Å². The van der Waals surface area contributed by atoms with Gasteiger partial charge in [0.25, 0.3) is 0 Å². The molecule has 6 atom stereocenters. The molecular formula is C20H24N4O7. The molecule has 31 heavy (non-hydrogen) atoms. The number of ether oxygens (including phenoxy) is 6. The smallest absolute Gasteiger partial charge is 0.428 e. The number of nitrogens with zero attached hydrogens (tertiary/aromatic N) is 3. The fourth-order valence-corrected chi connectivity index (χ4v) is 5.25. The van der Waals surface area contributed by atoms with Crippen LogP contribution in [0.2, 0.25) is 0 Å². The molecule has 166 valence electrons. The highest BCUT2D eigenvalue weighted by Crippen LogP contribution is 2.71. The van der Waals surface area contributed by atoms with E-state index in [1.807, 2.05) is 32.9 Å². The molecule has 6 rings (SSSR count). The summed E-state index contributed by atoms with van der Waals surface area (Å²) in [5.74, 6) is -0.509. The standard InChI is InChI=1S/C20H24N4O7/c1-18(2)30-14-13(11-4-5-12-15(21)22-9-23-24(11)12)29-19(3)16(20(14,19)31-18)28-17(25)27-10-6-7-26-8-10/h4-5,9-10,13-14,16H,6-8H2,1-3H3,(H2,21,22,23)/t10-,13+,14+,16?,19-,20-/m1/s1. The van der Waals surface area contributed by atoms with Crippen molar-refractivity contribution in [1.82, 2.24) is 14.6 Å². The van der Waals surface area contributed by atoms with Gasteiger partial charge in [0.05, 0.1) is 18.9 Å². The summed E-state index contributed by atoms with van der Waals surface area (Å²) in [5, 5.41) is 4.31. The zero-order valence-corrected chi connectivity index (χ0v) is 17.4. The first-order chi connectivity index (χ1) is 14.8. The third-order valence-corrected chi connectivity index (χ3v) is 6.64. The van der Waals surface area contributed by atoms with Crippen molar-refractivity contribution in [3.05, 3.63) is 24.2 Å². The van der Waals surface area contributed by atoms with E-state index in [2.05, 4.69) is 10.1 Å². The van der Waals surface area contributed by atoms with Crippen LogP contribution in [0.1, 0.15) is 39.0 Å². The molecule has 0 bridgehead atoms. The number of aromatic nitrogens is 3. The molecule has 2 aromatic rings. The predicted molar refractivity (Wildman–Crippen MR) is 103 cm³/mol. The lowest BCUT2D eigenvalue weighted by Gasteiger charge is -2.24. The molecule has 3 aliphatic heterocycles. The third-order valence-electron chi connectivity index (χ3n) is 6.64. The Hall–Kier alpha value is -2.47. The van der Waals surface area contributed by atoms with Gasteiger partial charge in [-0.2, -0.15) is 5.10 Å². The van der Waals surface area contributed by atoms with E-state index >= 15 is 0 Å². The maximum absolute atomic E-state index is 12.4. The quantitative estimate of drug-likeness (QED) is 0.710. The summed E-state index contributed by atoms with van der Waals surface area (Å²) in [6, 6.07) is 3.72. The lowest BCUT2D eigenvalue weighted by atomic mass is 10.0. The van der Waals surface area contributed by atoms with Crippen LogP contribution in [-0.2, 0) is 28.4 Å². The van der Waals surface area contributed by atoms with Crippen LogP contribution in [0.3, 0.4) is 0 Å². The van der Waals surface area contributed by atoms with Gasteiger partial charge in [-0.15, -0.1) is 0 Å². The van der Waals surface area contributed by atoms with Gasteiger partial charge >= 0.3 is 6.16 Å². The average Bonchev–Trinajstić information content (AvgIpc) is 3.30. The van der Waals surface area contributed by atoms with Gasteiger partial charge in [0.2, 0.25) is 0 Å². The van der Waals surface area contributed by atoms with E-state index in [0.29, 0.717) is 31.0 Å². The minimum Gasteiger partial charge on any atom is -0.428 e. The molecule has 0 radical (unpaired) electrons. The second kappa shape index (κ2) is 6.06. The van der Waals surface area contributed by atoms with E-state index in [9.17, 15) is 4.79 Å². The fraction of sp³-hybridized carbons (Fsp3) is 0.650. The van der Waals surface area contributed by atoms with Crippen LogP contribution >= 0.6 is 0 Å². The fourth-order valence-electron chi connectivity index (χ4n) is 5.25. The number of rotatable bonds is 3. The second-order valence-corrected chi connectivity index (χ2v) is 9.03. The molecule has 4 fully saturated rings. The van der Waals surface area contributed by atoms with Gasteiger partial charge in [-0.1, -0.05) is 0 Å². The summed E-state index contributed by atoms with van der Waals surface area (Å²) in [5.41, 5.74) is 5.56. The SMILES string of the molecule is CC1(C)O[C@H]2[C@H](c3ccc4c(N)ncnn34)O[C@]3(C)C(OC(=O)O[C@@H]4CCOC4)[C@]23O1. The van der Waals surface area contributed by atoms with E-state index in [0.717, 1.165) is 5.69 Å². The minimum absolute atomic E-state index is 0.296. The summed E-state index contributed by atoms with van der Waals surface area (Å²) in [7, 11) is 0. The lowest BCUT2D eigenvalue weighted by molar-refractivity contribution is -0.186. The Morgan fingerprint density at radius 2 is 2.10 bits per heavy atom. The van der Waals surface area contributed by atoms with Crippen LogP contribution in [0.5, 0.6) is 0 Å². The van der Waals surface area contributed by atoms with E-state index < -0.39 is 41.5 Å². The van der Waals surface area contributed by atoms with Crippen molar-refractivity contribution in [3.63, 3.8) is 0 Å². The van der Waals surface area contributed by atoms with Gasteiger partial charge in [0, 0.05) is 6.42 Å². The van der Waals surface area contributed by atoms with E-state index in [-0.39, 0.29) is 6.10 Å². The first kappa shape index (κ1) is 19.2. The van der Waals surface area contributed by atoms with Gasteiger partial charge < -0.3 is 34.2 Å². The first-order valence-corrected chi connectivity index (χ1v) is 10.3. The molecule has 1 saturated carbocycles. The van der Waals surface area contributed by atoms with Crippen molar-refractivity contribution in [2.75, 3.05) is 18.9 Å². The minimum atomic E-state index is -0.949. The van der Waals surface area contributed by atoms with E-state index in [1.165, 1.54) is 6.33 Å². The van der Waals surface area contributed by atoms with E-state index in [1.54, 1.807) is 4.52 Å². The monoisotopic (exact) mass is 432 g/mol. The molecule has 2 aromatic heterocycles. The maximum atomic E-state index is 12.4. The number of hydrogen-bond donors (Lipinski definition) is 1. The topological polar surface area (TPSA) is 129 Å². The summed E-state index contributed by atoms with van der Waals surface area (Å²) in [6.45, 7) is 6.47. The molecule has 11 nitrogen and oxygen atoms in total. The Morgan fingerprint density at radius 1 is 1.26 bits per heavy atom. The van der Waals surface area contributed by atoms with Crippen molar-refractivity contribution in [3.8, 4) is 0 Å². The number of hydrogen-bond acceptors (Lipinski definition) is 10. The molecule has 1 spiro atoms. The summed E-state index contributed by atoms with van der Waals surface area (Å²) in [6.07, 6.45) is -0.686. The van der Waals surface area contributed by atoms with Crippen LogP contribution in [0.25, 0.3) is 5.52 Å². The highest BCUT2D eigenvalue weighted by Gasteiger charge is 2.92. The Bertz CT molecular complexity index is 1070. The van der Waals surface area contributed by atoms with Crippen molar-refractivity contribution >= 4 is 17.5 Å². The van der Waals surface area contributed by atoms with Gasteiger partial charge in [-0.3, -0.25) is 0 Å². The molecule has 0 aromatic carbocycles. The Balaban J connectivity index is 1.30. The number of fused-ring (bicyclic) bond motifs is 1. The van der Waals surface area contributed by atoms with Crippen LogP contribution in [-0.4, -0.2) is 69.3 Å². The van der Waals surface area contributed by atoms with Crippen molar-refractivity contribution in [1.29, 1.82) is 0 Å². The van der Waals surface area contributed by atoms with Gasteiger partial charge in [0.15, 0.2) is 23.3 Å². The zero-order valence-electron chi connectivity index (χ0n) is 17.4.